The highest BCUT2D eigenvalue weighted by atomic mass is 35.5. The van der Waals surface area contributed by atoms with E-state index in [1.54, 1.807) is 18.9 Å². The molecule has 0 aliphatic carbocycles. The minimum atomic E-state index is -0.385. The highest BCUT2D eigenvalue weighted by Crippen LogP contribution is 2.31. The number of nitrogens with one attached hydrogen (secondary N) is 2. The number of thioether (sulfide) groups is 1. The Morgan fingerprint density at radius 1 is 1.21 bits per heavy atom. The summed E-state index contributed by atoms with van der Waals surface area (Å²) in [6.07, 6.45) is 0. The fourth-order valence-corrected chi connectivity index (χ4v) is 4.31. The van der Waals surface area contributed by atoms with Crippen LogP contribution in [0.15, 0.2) is 47.6 Å². The van der Waals surface area contributed by atoms with E-state index in [-0.39, 0.29) is 17.6 Å². The summed E-state index contributed by atoms with van der Waals surface area (Å²) < 4.78 is 7.30. The maximum atomic E-state index is 12.5. The Bertz CT molecular complexity index is 1130. The molecule has 0 saturated heterocycles. The van der Waals surface area contributed by atoms with Gasteiger partial charge in [0, 0.05) is 16.3 Å². The highest BCUT2D eigenvalue weighted by Gasteiger charge is 2.23. The van der Waals surface area contributed by atoms with Crippen molar-refractivity contribution in [3.8, 4) is 11.4 Å². The van der Waals surface area contributed by atoms with Crippen molar-refractivity contribution in [3.05, 3.63) is 64.4 Å². The van der Waals surface area contributed by atoms with Gasteiger partial charge in [-0.2, -0.15) is 0 Å². The van der Waals surface area contributed by atoms with Crippen LogP contribution in [0.4, 0.5) is 4.79 Å². The maximum absolute atomic E-state index is 12.5. The second-order valence-electron chi connectivity index (χ2n) is 8.82. The van der Waals surface area contributed by atoms with Gasteiger partial charge in [0.05, 0.1) is 18.8 Å². The van der Waals surface area contributed by atoms with Crippen LogP contribution in [0.1, 0.15) is 50.7 Å². The van der Waals surface area contributed by atoms with Gasteiger partial charge >= 0.3 is 6.03 Å². The Morgan fingerprint density at radius 3 is 2.67 bits per heavy atom. The van der Waals surface area contributed by atoms with E-state index in [1.165, 1.54) is 0 Å². The van der Waals surface area contributed by atoms with E-state index in [1.807, 2.05) is 81.7 Å². The van der Waals surface area contributed by atoms with Crippen LogP contribution in [0.2, 0.25) is 5.02 Å². The summed E-state index contributed by atoms with van der Waals surface area (Å²) in [4.78, 5) is 12.5. The lowest BCUT2D eigenvalue weighted by molar-refractivity contribution is 0.228. The third-order valence-corrected chi connectivity index (χ3v) is 6.03. The summed E-state index contributed by atoms with van der Waals surface area (Å²) >= 11 is 7.88. The van der Waals surface area contributed by atoms with Gasteiger partial charge in [-0.1, -0.05) is 41.6 Å². The average Bonchev–Trinajstić information content (AvgIpc) is 3.16. The van der Waals surface area contributed by atoms with Gasteiger partial charge < -0.3 is 15.4 Å². The molecule has 1 heterocycles. The van der Waals surface area contributed by atoms with E-state index in [0.717, 1.165) is 22.6 Å². The number of hydrogen-bond donors (Lipinski definition) is 2. The third-order valence-electron chi connectivity index (χ3n) is 4.80. The van der Waals surface area contributed by atoms with Crippen molar-refractivity contribution >= 4 is 29.4 Å². The fraction of sp³-hybridized carbons (Fsp3) is 0.375. The standard InChI is InChI=1S/C24H30ClN5O2S/c1-15-10-11-18(25)13-20(15)30-21(16(2)26-22(31)27-24(3,4)5)28-29-23(30)33-14-17-8-7-9-19(12-17)32-6/h7-13,16H,14H2,1-6H3,(H2,26,27,31). The number of benzene rings is 2. The van der Waals surface area contributed by atoms with E-state index in [9.17, 15) is 4.79 Å². The Kier molecular flexibility index (Phi) is 7.92. The minimum absolute atomic E-state index is 0.266. The predicted molar refractivity (Wildman–Crippen MR) is 133 cm³/mol. The highest BCUT2D eigenvalue weighted by molar-refractivity contribution is 7.98. The fourth-order valence-electron chi connectivity index (χ4n) is 3.25. The summed E-state index contributed by atoms with van der Waals surface area (Å²) in [5, 5.41) is 16.1. The Balaban J connectivity index is 1.94. The van der Waals surface area contributed by atoms with Crippen LogP contribution < -0.4 is 15.4 Å². The van der Waals surface area contributed by atoms with Gasteiger partial charge in [-0.15, -0.1) is 10.2 Å². The number of aromatic nitrogens is 3. The van der Waals surface area contributed by atoms with E-state index < -0.39 is 0 Å². The summed E-state index contributed by atoms with van der Waals surface area (Å²) in [7, 11) is 1.65. The quantitative estimate of drug-likeness (QED) is 0.418. The Hall–Kier alpha value is -2.71. The normalized spacial score (nSPS) is 12.3. The van der Waals surface area contributed by atoms with Crippen molar-refractivity contribution < 1.29 is 9.53 Å². The molecule has 0 fully saturated rings. The summed E-state index contributed by atoms with van der Waals surface area (Å²) in [5.41, 5.74) is 2.66. The molecule has 3 aromatic rings. The van der Waals surface area contributed by atoms with Gasteiger partial charge in [0.1, 0.15) is 5.75 Å². The molecular formula is C24H30ClN5O2S. The molecule has 0 saturated carbocycles. The first-order valence-electron chi connectivity index (χ1n) is 10.6. The summed E-state index contributed by atoms with van der Waals surface area (Å²) in [6.45, 7) is 9.70. The van der Waals surface area contributed by atoms with Gasteiger partial charge in [0.15, 0.2) is 11.0 Å². The molecule has 0 radical (unpaired) electrons. The molecule has 2 amide bonds. The maximum Gasteiger partial charge on any atom is 0.315 e. The number of methoxy groups -OCH3 is 1. The molecule has 3 rings (SSSR count). The SMILES string of the molecule is COc1cccc(CSc2nnc(C(C)NC(=O)NC(C)(C)C)n2-c2cc(Cl)ccc2C)c1. The minimum Gasteiger partial charge on any atom is -0.497 e. The number of hydrogen-bond acceptors (Lipinski definition) is 5. The largest absolute Gasteiger partial charge is 0.497 e. The topological polar surface area (TPSA) is 81.1 Å². The van der Waals surface area contributed by atoms with E-state index in [0.29, 0.717) is 21.8 Å². The molecule has 7 nitrogen and oxygen atoms in total. The van der Waals surface area contributed by atoms with Crippen LogP contribution in [0, 0.1) is 6.92 Å². The lowest BCUT2D eigenvalue weighted by Gasteiger charge is -2.23. The number of carbonyl (C=O) groups excluding carboxylic acids is 1. The zero-order valence-corrected chi connectivity index (χ0v) is 21.3. The van der Waals surface area contributed by atoms with Crippen LogP contribution >= 0.6 is 23.4 Å². The number of amides is 2. The van der Waals surface area contributed by atoms with Crippen molar-refractivity contribution in [2.24, 2.45) is 0 Å². The first-order valence-corrected chi connectivity index (χ1v) is 12.0. The molecule has 1 aromatic heterocycles. The smallest absolute Gasteiger partial charge is 0.315 e. The molecule has 9 heteroatoms. The number of carbonyl (C=O) groups is 1. The lowest BCUT2D eigenvalue weighted by Crippen LogP contribution is -2.47. The number of nitrogens with zero attached hydrogens (tertiary/aromatic N) is 3. The molecule has 1 atom stereocenters. The molecule has 0 spiro atoms. The number of rotatable bonds is 7. The van der Waals surface area contributed by atoms with Crippen molar-refractivity contribution in [3.63, 3.8) is 0 Å². The van der Waals surface area contributed by atoms with Gasteiger partial charge in [-0.25, -0.2) is 4.79 Å². The molecule has 2 N–H and O–H groups in total. The predicted octanol–water partition coefficient (Wildman–Crippen LogP) is 5.69. The molecule has 0 aliphatic heterocycles. The molecule has 0 bridgehead atoms. The van der Waals surface area contributed by atoms with Gasteiger partial charge in [0.2, 0.25) is 0 Å². The molecule has 2 aromatic carbocycles. The zero-order chi connectivity index (χ0) is 24.2. The van der Waals surface area contributed by atoms with E-state index >= 15 is 0 Å². The van der Waals surface area contributed by atoms with Gasteiger partial charge in [-0.05, 0) is 70.0 Å². The lowest BCUT2D eigenvalue weighted by atomic mass is 10.1. The van der Waals surface area contributed by atoms with Crippen molar-refractivity contribution in [2.45, 2.75) is 57.1 Å². The number of aryl methyl sites for hydroxylation is 1. The summed E-state index contributed by atoms with van der Waals surface area (Å²) in [5.74, 6) is 2.11. The van der Waals surface area contributed by atoms with Crippen LogP contribution in [-0.2, 0) is 5.75 Å². The zero-order valence-electron chi connectivity index (χ0n) is 19.8. The van der Waals surface area contributed by atoms with Gasteiger partial charge in [-0.3, -0.25) is 4.57 Å². The molecular weight excluding hydrogens is 458 g/mol. The van der Waals surface area contributed by atoms with E-state index in [2.05, 4.69) is 20.8 Å². The first kappa shape index (κ1) is 24.9. The van der Waals surface area contributed by atoms with Crippen LogP contribution in [0.5, 0.6) is 5.75 Å². The summed E-state index contributed by atoms with van der Waals surface area (Å²) in [6, 6.07) is 13.0. The van der Waals surface area contributed by atoms with Gasteiger partial charge in [0.25, 0.3) is 0 Å². The molecule has 1 unspecified atom stereocenters. The van der Waals surface area contributed by atoms with Crippen LogP contribution in [0.3, 0.4) is 0 Å². The first-order chi connectivity index (χ1) is 15.6. The monoisotopic (exact) mass is 487 g/mol. The molecule has 0 aliphatic rings. The second kappa shape index (κ2) is 10.5. The number of halogens is 1. The van der Waals surface area contributed by atoms with Crippen LogP contribution in [0.25, 0.3) is 5.69 Å². The van der Waals surface area contributed by atoms with E-state index in [4.69, 9.17) is 16.3 Å². The average molecular weight is 488 g/mol. The Morgan fingerprint density at radius 2 is 1.97 bits per heavy atom. The third kappa shape index (κ3) is 6.65. The second-order valence-corrected chi connectivity index (χ2v) is 10.2. The number of urea groups is 1. The van der Waals surface area contributed by atoms with Crippen LogP contribution in [-0.4, -0.2) is 33.4 Å². The van der Waals surface area contributed by atoms with Crippen molar-refractivity contribution in [1.29, 1.82) is 0 Å². The Labute approximate surface area is 204 Å². The molecule has 176 valence electrons. The number of ether oxygens (including phenoxy) is 1. The van der Waals surface area contributed by atoms with Crippen molar-refractivity contribution in [2.75, 3.05) is 7.11 Å². The van der Waals surface area contributed by atoms with Crippen molar-refractivity contribution in [1.82, 2.24) is 25.4 Å². The molecule has 33 heavy (non-hydrogen) atoms.